The largest absolute Gasteiger partial charge is 0.350 e. The summed E-state index contributed by atoms with van der Waals surface area (Å²) in [5.41, 5.74) is 3.66. The van der Waals surface area contributed by atoms with Crippen LogP contribution < -0.4 is 9.62 Å². The van der Waals surface area contributed by atoms with Gasteiger partial charge in [0.2, 0.25) is 5.91 Å². The van der Waals surface area contributed by atoms with Gasteiger partial charge in [-0.3, -0.25) is 9.10 Å². The lowest BCUT2D eigenvalue weighted by molar-refractivity contribution is -0.119. The van der Waals surface area contributed by atoms with Gasteiger partial charge in [0.05, 0.1) is 10.6 Å². The molecule has 0 saturated carbocycles. The molecule has 0 atom stereocenters. The predicted octanol–water partition coefficient (Wildman–Crippen LogP) is 4.26. The van der Waals surface area contributed by atoms with E-state index in [1.165, 1.54) is 24.3 Å². The molecule has 0 aliphatic carbocycles. The van der Waals surface area contributed by atoms with Crippen molar-refractivity contribution in [2.75, 3.05) is 10.8 Å². The van der Waals surface area contributed by atoms with Crippen molar-refractivity contribution in [2.24, 2.45) is 0 Å². The van der Waals surface area contributed by atoms with Crippen molar-refractivity contribution >= 4 is 21.6 Å². The van der Waals surface area contributed by atoms with Gasteiger partial charge < -0.3 is 5.32 Å². The van der Waals surface area contributed by atoms with E-state index in [-0.39, 0.29) is 11.4 Å². The summed E-state index contributed by atoms with van der Waals surface area (Å²) in [5.74, 6) is -0.883. The van der Waals surface area contributed by atoms with Crippen LogP contribution in [0.25, 0.3) is 0 Å². The zero-order valence-corrected chi connectivity index (χ0v) is 18.5. The smallest absolute Gasteiger partial charge is 0.264 e. The number of rotatable bonds is 7. The number of halogens is 1. The van der Waals surface area contributed by atoms with E-state index < -0.39 is 28.3 Å². The van der Waals surface area contributed by atoms with E-state index in [0.717, 1.165) is 21.0 Å². The van der Waals surface area contributed by atoms with Gasteiger partial charge in [0.15, 0.2) is 0 Å². The number of nitrogens with one attached hydrogen (secondary N) is 1. The van der Waals surface area contributed by atoms with Gasteiger partial charge in [-0.2, -0.15) is 0 Å². The molecule has 0 fully saturated rings. The Labute approximate surface area is 182 Å². The summed E-state index contributed by atoms with van der Waals surface area (Å²) in [6.45, 7) is 5.29. The summed E-state index contributed by atoms with van der Waals surface area (Å²) >= 11 is 0. The average molecular weight is 441 g/mol. The van der Waals surface area contributed by atoms with Gasteiger partial charge >= 0.3 is 0 Å². The van der Waals surface area contributed by atoms with Crippen LogP contribution in [0.3, 0.4) is 0 Å². The van der Waals surface area contributed by atoms with Crippen LogP contribution in [0.5, 0.6) is 0 Å². The molecule has 0 aliphatic heterocycles. The highest BCUT2D eigenvalue weighted by Crippen LogP contribution is 2.28. The molecular weight excluding hydrogens is 415 g/mol. The molecule has 5 nitrogen and oxygen atoms in total. The van der Waals surface area contributed by atoms with E-state index in [4.69, 9.17) is 0 Å². The Bertz CT molecular complexity index is 1190. The molecule has 0 saturated heterocycles. The molecule has 0 unspecified atom stereocenters. The van der Waals surface area contributed by atoms with Crippen LogP contribution in [0, 0.1) is 26.6 Å². The van der Waals surface area contributed by atoms with Gasteiger partial charge in [-0.05, 0) is 67.8 Å². The first-order chi connectivity index (χ1) is 14.7. The predicted molar refractivity (Wildman–Crippen MR) is 120 cm³/mol. The van der Waals surface area contributed by atoms with E-state index in [2.05, 4.69) is 5.32 Å². The van der Waals surface area contributed by atoms with Crippen molar-refractivity contribution < 1.29 is 17.6 Å². The molecule has 3 aromatic rings. The minimum absolute atomic E-state index is 0.0990. The Balaban J connectivity index is 1.91. The Morgan fingerprint density at radius 2 is 1.65 bits per heavy atom. The van der Waals surface area contributed by atoms with E-state index in [1.54, 1.807) is 36.4 Å². The van der Waals surface area contributed by atoms with Gasteiger partial charge in [0, 0.05) is 6.54 Å². The topological polar surface area (TPSA) is 66.5 Å². The minimum atomic E-state index is -3.98. The van der Waals surface area contributed by atoms with Crippen LogP contribution in [0.15, 0.2) is 71.6 Å². The quantitative estimate of drug-likeness (QED) is 0.597. The standard InChI is InChI=1S/C24H25FN2O3S/c1-17-10-12-22(13-11-17)31(29,30)27(23-9-4-6-18(2)19(23)3)16-24(28)26-15-20-7-5-8-21(25)14-20/h4-14H,15-16H2,1-3H3,(H,26,28). The van der Waals surface area contributed by atoms with Crippen molar-refractivity contribution in [3.63, 3.8) is 0 Å². The van der Waals surface area contributed by atoms with Gasteiger partial charge in [0.1, 0.15) is 12.4 Å². The first-order valence-corrected chi connectivity index (χ1v) is 11.3. The number of nitrogens with zero attached hydrogens (tertiary/aromatic N) is 1. The van der Waals surface area contributed by atoms with Gasteiger partial charge in [-0.25, -0.2) is 12.8 Å². The molecule has 0 bridgehead atoms. The lowest BCUT2D eigenvalue weighted by atomic mass is 10.1. The zero-order chi connectivity index (χ0) is 22.6. The molecule has 3 rings (SSSR count). The molecular formula is C24H25FN2O3S. The maximum Gasteiger partial charge on any atom is 0.264 e. The monoisotopic (exact) mass is 440 g/mol. The van der Waals surface area contributed by atoms with Crippen molar-refractivity contribution in [1.82, 2.24) is 5.32 Å². The number of anilines is 1. The summed E-state index contributed by atoms with van der Waals surface area (Å²) in [6.07, 6.45) is 0. The first-order valence-electron chi connectivity index (χ1n) is 9.85. The number of hydrogen-bond acceptors (Lipinski definition) is 3. The summed E-state index contributed by atoms with van der Waals surface area (Å²) in [6, 6.07) is 17.7. The summed E-state index contributed by atoms with van der Waals surface area (Å²) in [5, 5.41) is 2.68. The minimum Gasteiger partial charge on any atom is -0.350 e. The highest BCUT2D eigenvalue weighted by Gasteiger charge is 2.28. The Morgan fingerprint density at radius 1 is 0.968 bits per heavy atom. The van der Waals surface area contributed by atoms with Crippen LogP contribution in [0.1, 0.15) is 22.3 Å². The molecule has 0 aliphatic rings. The van der Waals surface area contributed by atoms with E-state index in [0.29, 0.717) is 11.3 Å². The number of hydrogen-bond donors (Lipinski definition) is 1. The maximum absolute atomic E-state index is 13.5. The normalized spacial score (nSPS) is 11.2. The third-order valence-corrected chi connectivity index (χ3v) is 6.89. The molecule has 31 heavy (non-hydrogen) atoms. The number of sulfonamides is 1. The van der Waals surface area contributed by atoms with Gasteiger partial charge in [0.25, 0.3) is 10.0 Å². The Kier molecular flexibility index (Phi) is 6.75. The second kappa shape index (κ2) is 9.31. The molecule has 0 radical (unpaired) electrons. The summed E-state index contributed by atoms with van der Waals surface area (Å²) < 4.78 is 41.4. The second-order valence-corrected chi connectivity index (χ2v) is 9.31. The molecule has 0 aromatic heterocycles. The molecule has 7 heteroatoms. The van der Waals surface area contributed by atoms with Crippen molar-refractivity contribution in [2.45, 2.75) is 32.2 Å². The first kappa shape index (κ1) is 22.5. The lowest BCUT2D eigenvalue weighted by Gasteiger charge is -2.26. The summed E-state index contributed by atoms with van der Waals surface area (Å²) in [4.78, 5) is 12.8. The molecule has 0 spiro atoms. The van der Waals surface area contributed by atoms with Gasteiger partial charge in [-0.1, -0.05) is 42.0 Å². The number of carbonyl (C=O) groups excluding carboxylic acids is 1. The van der Waals surface area contributed by atoms with Crippen molar-refractivity contribution in [1.29, 1.82) is 0 Å². The van der Waals surface area contributed by atoms with Crippen LogP contribution in [-0.2, 0) is 21.4 Å². The third kappa shape index (κ3) is 5.30. The van der Waals surface area contributed by atoms with Crippen LogP contribution in [0.4, 0.5) is 10.1 Å². The highest BCUT2D eigenvalue weighted by molar-refractivity contribution is 7.92. The number of amides is 1. The third-order valence-electron chi connectivity index (χ3n) is 5.12. The fourth-order valence-corrected chi connectivity index (χ4v) is 4.66. The highest BCUT2D eigenvalue weighted by atomic mass is 32.2. The molecule has 1 N–H and O–H groups in total. The number of carbonyl (C=O) groups is 1. The van der Waals surface area contributed by atoms with Crippen LogP contribution in [0.2, 0.25) is 0 Å². The molecule has 3 aromatic carbocycles. The summed E-state index contributed by atoms with van der Waals surface area (Å²) in [7, 11) is -3.98. The Hall–Kier alpha value is -3.19. The van der Waals surface area contributed by atoms with Gasteiger partial charge in [-0.15, -0.1) is 0 Å². The second-order valence-electron chi connectivity index (χ2n) is 7.45. The van der Waals surface area contributed by atoms with E-state index in [1.807, 2.05) is 26.8 Å². The number of aryl methyl sites for hydroxylation is 2. The Morgan fingerprint density at radius 3 is 2.32 bits per heavy atom. The lowest BCUT2D eigenvalue weighted by Crippen LogP contribution is -2.41. The van der Waals surface area contributed by atoms with E-state index >= 15 is 0 Å². The SMILES string of the molecule is Cc1ccc(S(=O)(=O)N(CC(=O)NCc2cccc(F)c2)c2cccc(C)c2C)cc1. The fourth-order valence-electron chi connectivity index (χ4n) is 3.18. The molecule has 0 heterocycles. The van der Waals surface area contributed by atoms with E-state index in [9.17, 15) is 17.6 Å². The average Bonchev–Trinajstić information content (AvgIpc) is 2.73. The van der Waals surface area contributed by atoms with Crippen molar-refractivity contribution in [3.8, 4) is 0 Å². The zero-order valence-electron chi connectivity index (χ0n) is 17.7. The van der Waals surface area contributed by atoms with Crippen molar-refractivity contribution in [3.05, 3.63) is 94.8 Å². The molecule has 162 valence electrons. The number of benzene rings is 3. The maximum atomic E-state index is 13.5. The van der Waals surface area contributed by atoms with Crippen LogP contribution >= 0.6 is 0 Å². The van der Waals surface area contributed by atoms with Crippen LogP contribution in [-0.4, -0.2) is 20.9 Å². The fraction of sp³-hybridized carbons (Fsp3) is 0.208. The molecule has 1 amide bonds.